The Hall–Kier alpha value is -2.21. The number of aryl methyl sites for hydroxylation is 1. The number of carbonyl (C=O) groups excluding carboxylic acids is 1. The number of anilines is 1. The van der Waals surface area contributed by atoms with Gasteiger partial charge in [-0.1, -0.05) is 34.1 Å². The lowest BCUT2D eigenvalue weighted by Crippen LogP contribution is -2.14. The van der Waals surface area contributed by atoms with Gasteiger partial charge in [-0.2, -0.15) is 0 Å². The van der Waals surface area contributed by atoms with E-state index in [0.717, 1.165) is 10.0 Å². The molecule has 0 atom stereocenters. The van der Waals surface area contributed by atoms with Gasteiger partial charge in [-0.3, -0.25) is 14.9 Å². The van der Waals surface area contributed by atoms with Crippen molar-refractivity contribution in [3.8, 4) is 0 Å². The Morgan fingerprint density at radius 1 is 1.25 bits per heavy atom. The summed E-state index contributed by atoms with van der Waals surface area (Å²) in [5.41, 5.74) is 1.32. The van der Waals surface area contributed by atoms with Crippen LogP contribution in [0.1, 0.15) is 15.9 Å². The number of benzene rings is 2. The number of nitrogens with one attached hydrogen (secondary N) is 1. The van der Waals surface area contributed by atoms with E-state index in [9.17, 15) is 14.9 Å². The lowest BCUT2D eigenvalue weighted by Gasteiger charge is -2.08. The van der Waals surface area contributed by atoms with E-state index < -0.39 is 4.92 Å². The minimum absolute atomic E-state index is 0.131. The number of hydrogen-bond donors (Lipinski definition) is 1. The Bertz CT molecular complexity index is 686. The summed E-state index contributed by atoms with van der Waals surface area (Å²) in [5, 5.41) is 13.5. The Labute approximate surface area is 123 Å². The van der Waals surface area contributed by atoms with Crippen LogP contribution in [0, 0.1) is 17.0 Å². The van der Waals surface area contributed by atoms with Crippen molar-refractivity contribution in [2.45, 2.75) is 6.92 Å². The molecule has 102 valence electrons. The first kappa shape index (κ1) is 14.2. The molecule has 0 fully saturated rings. The lowest BCUT2D eigenvalue weighted by molar-refractivity contribution is -0.383. The predicted octanol–water partition coefficient (Wildman–Crippen LogP) is 3.92. The molecule has 5 nitrogen and oxygen atoms in total. The van der Waals surface area contributed by atoms with E-state index in [2.05, 4.69) is 21.2 Å². The number of hydrogen-bond acceptors (Lipinski definition) is 3. The van der Waals surface area contributed by atoms with Gasteiger partial charge >= 0.3 is 0 Å². The number of nitro benzene ring substituents is 1. The molecule has 0 bridgehead atoms. The number of para-hydroxylation sites is 2. The third kappa shape index (κ3) is 3.03. The summed E-state index contributed by atoms with van der Waals surface area (Å²) >= 11 is 3.30. The largest absolute Gasteiger partial charge is 0.316 e. The van der Waals surface area contributed by atoms with Crippen LogP contribution in [0.2, 0.25) is 0 Å². The predicted molar refractivity (Wildman–Crippen MR) is 79.9 cm³/mol. The Morgan fingerprint density at radius 2 is 1.95 bits per heavy atom. The minimum atomic E-state index is -0.524. The Kier molecular flexibility index (Phi) is 4.14. The summed E-state index contributed by atoms with van der Waals surface area (Å²) in [5.74, 6) is -0.377. The fourth-order valence-corrected chi connectivity index (χ4v) is 2.13. The van der Waals surface area contributed by atoms with Gasteiger partial charge in [0.25, 0.3) is 11.6 Å². The molecule has 0 spiro atoms. The molecule has 0 aliphatic rings. The van der Waals surface area contributed by atoms with E-state index in [4.69, 9.17) is 0 Å². The summed E-state index contributed by atoms with van der Waals surface area (Å²) < 4.78 is 0.774. The number of amides is 1. The molecule has 0 aliphatic carbocycles. The number of nitro groups is 1. The number of rotatable bonds is 3. The minimum Gasteiger partial charge on any atom is -0.316 e. The highest BCUT2D eigenvalue weighted by atomic mass is 79.9. The van der Waals surface area contributed by atoms with Crippen molar-refractivity contribution in [3.63, 3.8) is 0 Å². The van der Waals surface area contributed by atoms with Crippen LogP contribution in [-0.4, -0.2) is 10.8 Å². The maximum Gasteiger partial charge on any atom is 0.292 e. The van der Waals surface area contributed by atoms with Gasteiger partial charge < -0.3 is 5.32 Å². The number of carbonyl (C=O) groups is 1. The molecule has 2 rings (SSSR count). The molecule has 0 saturated heterocycles. The normalized spacial score (nSPS) is 10.1. The standard InChI is InChI=1S/C14H11BrN2O3/c1-9-6-7-10(15)8-11(9)14(18)16-12-4-2-3-5-13(12)17(19)20/h2-8H,1H3,(H,16,18). The average molecular weight is 335 g/mol. The van der Waals surface area contributed by atoms with Gasteiger partial charge in [-0.15, -0.1) is 0 Å². The van der Waals surface area contributed by atoms with E-state index in [1.165, 1.54) is 12.1 Å². The zero-order valence-corrected chi connectivity index (χ0v) is 12.2. The fraction of sp³-hybridized carbons (Fsp3) is 0.0714. The molecule has 0 unspecified atom stereocenters. The molecule has 0 aliphatic heterocycles. The van der Waals surface area contributed by atoms with Gasteiger partial charge in [0.15, 0.2) is 0 Å². The molecule has 0 aromatic heterocycles. The van der Waals surface area contributed by atoms with Crippen molar-refractivity contribution < 1.29 is 9.72 Å². The van der Waals surface area contributed by atoms with Crippen molar-refractivity contribution in [1.29, 1.82) is 0 Å². The number of halogens is 1. The van der Waals surface area contributed by atoms with Gasteiger partial charge in [0.1, 0.15) is 5.69 Å². The van der Waals surface area contributed by atoms with Gasteiger partial charge in [0.05, 0.1) is 4.92 Å². The first-order valence-corrected chi connectivity index (χ1v) is 6.59. The van der Waals surface area contributed by atoms with Gasteiger partial charge in [0, 0.05) is 16.1 Å². The van der Waals surface area contributed by atoms with Crippen LogP contribution in [0.4, 0.5) is 11.4 Å². The molecular weight excluding hydrogens is 324 g/mol. The van der Waals surface area contributed by atoms with E-state index in [1.807, 2.05) is 6.07 Å². The molecule has 1 N–H and O–H groups in total. The maximum absolute atomic E-state index is 12.2. The van der Waals surface area contributed by atoms with Crippen molar-refractivity contribution in [2.75, 3.05) is 5.32 Å². The van der Waals surface area contributed by atoms with Crippen molar-refractivity contribution >= 4 is 33.2 Å². The topological polar surface area (TPSA) is 72.2 Å². The van der Waals surface area contributed by atoms with E-state index >= 15 is 0 Å². The summed E-state index contributed by atoms with van der Waals surface area (Å²) in [7, 11) is 0. The zero-order valence-electron chi connectivity index (χ0n) is 10.6. The Morgan fingerprint density at radius 3 is 2.65 bits per heavy atom. The smallest absolute Gasteiger partial charge is 0.292 e. The molecule has 0 heterocycles. The second kappa shape index (κ2) is 5.83. The maximum atomic E-state index is 12.2. The number of nitrogens with zero attached hydrogens (tertiary/aromatic N) is 1. The van der Waals surface area contributed by atoms with E-state index in [-0.39, 0.29) is 17.3 Å². The molecule has 0 radical (unpaired) electrons. The molecular formula is C14H11BrN2O3. The van der Waals surface area contributed by atoms with Crippen LogP contribution in [0.5, 0.6) is 0 Å². The summed E-state index contributed by atoms with van der Waals surface area (Å²) in [6.07, 6.45) is 0. The van der Waals surface area contributed by atoms with Crippen molar-refractivity contribution in [3.05, 3.63) is 68.2 Å². The third-order valence-electron chi connectivity index (χ3n) is 2.79. The molecule has 0 saturated carbocycles. The van der Waals surface area contributed by atoms with Gasteiger partial charge in [-0.05, 0) is 30.7 Å². The Balaban J connectivity index is 2.33. The van der Waals surface area contributed by atoms with E-state index in [0.29, 0.717) is 5.56 Å². The first-order valence-electron chi connectivity index (χ1n) is 5.80. The quantitative estimate of drug-likeness (QED) is 0.683. The van der Waals surface area contributed by atoms with Crippen LogP contribution >= 0.6 is 15.9 Å². The highest BCUT2D eigenvalue weighted by Gasteiger charge is 2.16. The third-order valence-corrected chi connectivity index (χ3v) is 3.29. The summed E-state index contributed by atoms with van der Waals surface area (Å²) in [6, 6.07) is 11.4. The SMILES string of the molecule is Cc1ccc(Br)cc1C(=O)Nc1ccccc1[N+](=O)[O-]. The molecule has 2 aromatic rings. The zero-order chi connectivity index (χ0) is 14.7. The van der Waals surface area contributed by atoms with Crippen LogP contribution in [0.25, 0.3) is 0 Å². The summed E-state index contributed by atoms with van der Waals surface area (Å²) in [4.78, 5) is 22.6. The fourth-order valence-electron chi connectivity index (χ4n) is 1.77. The van der Waals surface area contributed by atoms with Crippen molar-refractivity contribution in [1.82, 2.24) is 0 Å². The lowest BCUT2D eigenvalue weighted by atomic mass is 10.1. The molecule has 2 aromatic carbocycles. The van der Waals surface area contributed by atoms with Crippen molar-refractivity contribution in [2.24, 2.45) is 0 Å². The second-order valence-corrected chi connectivity index (χ2v) is 5.10. The molecule has 6 heteroatoms. The molecule has 1 amide bonds. The van der Waals surface area contributed by atoms with Crippen LogP contribution in [-0.2, 0) is 0 Å². The van der Waals surface area contributed by atoms with Crippen LogP contribution in [0.15, 0.2) is 46.9 Å². The second-order valence-electron chi connectivity index (χ2n) is 4.19. The average Bonchev–Trinajstić information content (AvgIpc) is 2.41. The van der Waals surface area contributed by atoms with Crippen LogP contribution < -0.4 is 5.32 Å². The van der Waals surface area contributed by atoms with Gasteiger partial charge in [-0.25, -0.2) is 0 Å². The van der Waals surface area contributed by atoms with Crippen LogP contribution in [0.3, 0.4) is 0 Å². The van der Waals surface area contributed by atoms with Gasteiger partial charge in [0.2, 0.25) is 0 Å². The highest BCUT2D eigenvalue weighted by molar-refractivity contribution is 9.10. The summed E-state index contributed by atoms with van der Waals surface area (Å²) in [6.45, 7) is 1.81. The van der Waals surface area contributed by atoms with E-state index in [1.54, 1.807) is 31.2 Å². The first-order chi connectivity index (χ1) is 9.49. The monoisotopic (exact) mass is 334 g/mol. The highest BCUT2D eigenvalue weighted by Crippen LogP contribution is 2.24. The molecule has 20 heavy (non-hydrogen) atoms.